The van der Waals surface area contributed by atoms with Crippen LogP contribution in [0.25, 0.3) is 0 Å². The molecule has 7 nitrogen and oxygen atoms in total. The monoisotopic (exact) mass is 550 g/mol. The molecule has 0 saturated heterocycles. The van der Waals surface area contributed by atoms with Gasteiger partial charge in [-0.25, -0.2) is 0 Å². The van der Waals surface area contributed by atoms with Crippen LogP contribution in [0.2, 0.25) is 10.0 Å². The normalized spacial score (nSPS) is 13.4. The highest BCUT2D eigenvalue weighted by molar-refractivity contribution is 7.87. The Labute approximate surface area is 221 Å². The number of hydrogen-bond donors (Lipinski definition) is 0. The summed E-state index contributed by atoms with van der Waals surface area (Å²) in [7, 11) is -4.22. The van der Waals surface area contributed by atoms with Gasteiger partial charge in [-0.05, 0) is 69.0 Å². The van der Waals surface area contributed by atoms with Crippen molar-refractivity contribution in [3.63, 3.8) is 0 Å². The summed E-state index contributed by atoms with van der Waals surface area (Å²) in [6.45, 7) is 6.23. The number of carbonyl (C=O) groups is 1. The molecule has 1 fully saturated rings. The van der Waals surface area contributed by atoms with Crippen LogP contribution in [0.5, 0.6) is 5.75 Å². The van der Waals surface area contributed by atoms with E-state index in [9.17, 15) is 13.2 Å². The molecule has 1 aliphatic carbocycles. The summed E-state index contributed by atoms with van der Waals surface area (Å²) in [5.41, 5.74) is 1.38. The van der Waals surface area contributed by atoms with E-state index in [-0.39, 0.29) is 38.9 Å². The minimum Gasteiger partial charge on any atom is -0.459 e. The molecule has 0 bridgehead atoms. The number of benzene rings is 2. The van der Waals surface area contributed by atoms with E-state index in [1.54, 1.807) is 23.1 Å². The maximum absolute atomic E-state index is 13.2. The Hall–Kier alpha value is -2.68. The zero-order chi connectivity index (χ0) is 25.9. The summed E-state index contributed by atoms with van der Waals surface area (Å²) in [5.74, 6) is 0.556. The van der Waals surface area contributed by atoms with Gasteiger partial charge in [-0.1, -0.05) is 29.3 Å². The molecular weight excluding hydrogens is 523 g/mol. The fraction of sp³-hybridized carbons (Fsp3) is 0.346. The van der Waals surface area contributed by atoms with Crippen LogP contribution in [-0.2, 0) is 16.7 Å². The Kier molecular flexibility index (Phi) is 8.17. The lowest BCUT2D eigenvalue weighted by molar-refractivity contribution is 0.0702. The molecule has 0 spiro atoms. The quantitative estimate of drug-likeness (QED) is 0.262. The number of anilines is 1. The van der Waals surface area contributed by atoms with Gasteiger partial charge < -0.3 is 18.4 Å². The molecule has 1 aliphatic rings. The van der Waals surface area contributed by atoms with E-state index >= 15 is 0 Å². The highest BCUT2D eigenvalue weighted by Crippen LogP contribution is 2.34. The smallest absolute Gasteiger partial charge is 0.339 e. The first-order valence-corrected chi connectivity index (χ1v) is 14.0. The van der Waals surface area contributed by atoms with Crippen molar-refractivity contribution < 1.29 is 21.8 Å². The van der Waals surface area contributed by atoms with Crippen molar-refractivity contribution in [3.8, 4) is 5.75 Å². The largest absolute Gasteiger partial charge is 0.459 e. The second-order valence-electron chi connectivity index (χ2n) is 8.68. The van der Waals surface area contributed by atoms with Crippen LogP contribution in [0.4, 0.5) is 5.69 Å². The van der Waals surface area contributed by atoms with E-state index in [2.05, 4.69) is 4.90 Å². The van der Waals surface area contributed by atoms with Crippen LogP contribution in [0.15, 0.2) is 64.1 Å². The molecule has 4 rings (SSSR count). The van der Waals surface area contributed by atoms with Crippen molar-refractivity contribution in [2.45, 2.75) is 38.1 Å². The van der Waals surface area contributed by atoms with Crippen LogP contribution in [0.1, 0.15) is 42.8 Å². The maximum atomic E-state index is 13.2. The standard InChI is InChI=1S/C26H28Cl2N2O5S/c1-3-29(4-2)20-10-9-19(17-30(16-18-7-8-18)26(31)24-6-5-13-34-24)25(14-20)35-36(32,33)21-11-12-22(27)23(28)15-21/h5-6,9-15,18H,3-4,7-8,16-17H2,1-2H3. The molecule has 1 amide bonds. The van der Waals surface area contributed by atoms with Crippen molar-refractivity contribution in [1.29, 1.82) is 0 Å². The van der Waals surface area contributed by atoms with Crippen molar-refractivity contribution in [3.05, 3.63) is 76.2 Å². The van der Waals surface area contributed by atoms with Gasteiger partial charge in [0.2, 0.25) is 0 Å². The zero-order valence-electron chi connectivity index (χ0n) is 20.1. The van der Waals surface area contributed by atoms with Crippen molar-refractivity contribution in [1.82, 2.24) is 4.90 Å². The summed E-state index contributed by atoms with van der Waals surface area (Å²) >= 11 is 12.0. The Morgan fingerprint density at radius 1 is 1.06 bits per heavy atom. The molecule has 0 radical (unpaired) electrons. The molecule has 0 unspecified atom stereocenters. The first-order valence-electron chi connectivity index (χ1n) is 11.8. The zero-order valence-corrected chi connectivity index (χ0v) is 22.4. The van der Waals surface area contributed by atoms with E-state index in [0.29, 0.717) is 18.0 Å². The average molecular weight is 551 g/mol. The average Bonchev–Trinajstić information content (AvgIpc) is 3.50. The van der Waals surface area contributed by atoms with Gasteiger partial charge in [-0.3, -0.25) is 4.79 Å². The number of nitrogens with zero attached hydrogens (tertiary/aromatic N) is 2. The number of halogens is 2. The van der Waals surface area contributed by atoms with Gasteiger partial charge in [0.15, 0.2) is 5.76 Å². The third-order valence-electron chi connectivity index (χ3n) is 6.11. The molecule has 1 heterocycles. The number of carbonyl (C=O) groups excluding carboxylic acids is 1. The number of furan rings is 1. The van der Waals surface area contributed by atoms with E-state index in [1.165, 1.54) is 24.5 Å². The maximum Gasteiger partial charge on any atom is 0.339 e. The van der Waals surface area contributed by atoms with E-state index in [1.807, 2.05) is 26.0 Å². The first-order chi connectivity index (χ1) is 17.2. The first kappa shape index (κ1) is 26.4. The summed E-state index contributed by atoms with van der Waals surface area (Å²) in [4.78, 5) is 16.8. The van der Waals surface area contributed by atoms with Crippen LogP contribution in [0.3, 0.4) is 0 Å². The predicted octanol–water partition coefficient (Wildman–Crippen LogP) is 6.25. The summed E-state index contributed by atoms with van der Waals surface area (Å²) in [5, 5.41) is 0.352. The lowest BCUT2D eigenvalue weighted by Crippen LogP contribution is -2.32. The second-order valence-corrected chi connectivity index (χ2v) is 11.0. The SMILES string of the molecule is CCN(CC)c1ccc(CN(CC2CC2)C(=O)c2ccco2)c(OS(=O)(=O)c2ccc(Cl)c(Cl)c2)c1. The molecule has 3 aromatic rings. The van der Waals surface area contributed by atoms with E-state index in [0.717, 1.165) is 31.6 Å². The Balaban J connectivity index is 1.70. The molecule has 192 valence electrons. The van der Waals surface area contributed by atoms with Crippen molar-refractivity contribution >= 4 is 44.9 Å². The third kappa shape index (κ3) is 6.17. The van der Waals surface area contributed by atoms with Gasteiger partial charge in [-0.2, -0.15) is 8.42 Å². The lowest BCUT2D eigenvalue weighted by Gasteiger charge is -2.25. The Morgan fingerprint density at radius 3 is 2.42 bits per heavy atom. The molecule has 2 aromatic carbocycles. The molecule has 0 N–H and O–H groups in total. The van der Waals surface area contributed by atoms with Gasteiger partial charge in [0.05, 0.1) is 16.3 Å². The second kappa shape index (κ2) is 11.2. The highest BCUT2D eigenvalue weighted by Gasteiger charge is 2.30. The summed E-state index contributed by atoms with van der Waals surface area (Å²) in [6, 6.07) is 12.7. The molecule has 0 atom stereocenters. The van der Waals surface area contributed by atoms with Crippen molar-refractivity contribution in [2.75, 3.05) is 24.5 Å². The van der Waals surface area contributed by atoms with E-state index < -0.39 is 10.1 Å². The lowest BCUT2D eigenvalue weighted by atomic mass is 10.1. The van der Waals surface area contributed by atoms with Crippen LogP contribution in [-0.4, -0.2) is 38.9 Å². The summed E-state index contributed by atoms with van der Waals surface area (Å²) < 4.78 is 37.4. The minimum absolute atomic E-state index is 0.109. The molecule has 1 saturated carbocycles. The topological polar surface area (TPSA) is 80.1 Å². The van der Waals surface area contributed by atoms with Crippen LogP contribution < -0.4 is 9.08 Å². The number of amides is 1. The van der Waals surface area contributed by atoms with Crippen LogP contribution >= 0.6 is 23.2 Å². The highest BCUT2D eigenvalue weighted by atomic mass is 35.5. The van der Waals surface area contributed by atoms with Crippen molar-refractivity contribution in [2.24, 2.45) is 5.92 Å². The Morgan fingerprint density at radius 2 is 1.81 bits per heavy atom. The number of hydrogen-bond acceptors (Lipinski definition) is 6. The summed E-state index contributed by atoms with van der Waals surface area (Å²) in [6.07, 6.45) is 3.57. The molecular formula is C26H28Cl2N2O5S. The van der Waals surface area contributed by atoms with Crippen LogP contribution in [0, 0.1) is 5.92 Å². The van der Waals surface area contributed by atoms with Gasteiger partial charge in [-0.15, -0.1) is 0 Å². The fourth-order valence-electron chi connectivity index (χ4n) is 3.93. The fourth-order valence-corrected chi connectivity index (χ4v) is 5.28. The van der Waals surface area contributed by atoms with E-state index in [4.69, 9.17) is 31.8 Å². The predicted molar refractivity (Wildman–Crippen MR) is 140 cm³/mol. The molecule has 1 aromatic heterocycles. The van der Waals surface area contributed by atoms with Gasteiger partial charge in [0.1, 0.15) is 10.6 Å². The van der Waals surface area contributed by atoms with Gasteiger partial charge in [0.25, 0.3) is 5.91 Å². The Bertz CT molecular complexity index is 1320. The third-order valence-corrected chi connectivity index (χ3v) is 8.08. The molecule has 36 heavy (non-hydrogen) atoms. The minimum atomic E-state index is -4.22. The van der Waals surface area contributed by atoms with Gasteiger partial charge >= 0.3 is 10.1 Å². The molecule has 10 heteroatoms. The van der Waals surface area contributed by atoms with Gasteiger partial charge in [0, 0.05) is 43.5 Å². The number of rotatable bonds is 11. The molecule has 0 aliphatic heterocycles.